The van der Waals surface area contributed by atoms with Gasteiger partial charge < -0.3 is 4.74 Å². The van der Waals surface area contributed by atoms with Gasteiger partial charge in [0.1, 0.15) is 11.4 Å². The number of benzene rings is 1. The largest absolute Gasteiger partial charge is 0.458 e. The minimum absolute atomic E-state index is 0.0617. The number of hydrogen-bond acceptors (Lipinski definition) is 2. The van der Waals surface area contributed by atoms with Gasteiger partial charge in [-0.3, -0.25) is 4.79 Å². The van der Waals surface area contributed by atoms with E-state index >= 15 is 0 Å². The van der Waals surface area contributed by atoms with Crippen LogP contribution in [0.15, 0.2) is 30.9 Å². The number of rotatable bonds is 1. The molecule has 3 heteroatoms. The van der Waals surface area contributed by atoms with Gasteiger partial charge in [-0.15, -0.1) is 6.58 Å². The van der Waals surface area contributed by atoms with Crippen LogP contribution in [0, 0.1) is 29.5 Å². The second-order valence-corrected chi connectivity index (χ2v) is 7.78. The first-order valence-electron chi connectivity index (χ1n) is 8.78. The van der Waals surface area contributed by atoms with Gasteiger partial charge in [-0.1, -0.05) is 12.1 Å². The summed E-state index contributed by atoms with van der Waals surface area (Å²) in [7, 11) is 0. The van der Waals surface area contributed by atoms with Gasteiger partial charge in [-0.2, -0.15) is 0 Å². The van der Waals surface area contributed by atoms with Gasteiger partial charge in [0.25, 0.3) is 0 Å². The molecule has 1 saturated heterocycles. The van der Waals surface area contributed by atoms with E-state index in [2.05, 4.69) is 6.58 Å². The highest BCUT2D eigenvalue weighted by atomic mass is 19.1. The molecule has 4 aliphatic rings. The van der Waals surface area contributed by atoms with Crippen LogP contribution in [0.4, 0.5) is 4.39 Å². The van der Waals surface area contributed by atoms with Gasteiger partial charge in [0.2, 0.25) is 0 Å². The molecule has 3 fully saturated rings. The molecular formula is C20H21FO2. The lowest BCUT2D eigenvalue weighted by Crippen LogP contribution is -2.48. The number of ether oxygens (including phenoxy) is 1. The zero-order chi connectivity index (χ0) is 15.8. The van der Waals surface area contributed by atoms with Crippen LogP contribution in [0.25, 0.3) is 0 Å². The van der Waals surface area contributed by atoms with Crippen molar-refractivity contribution in [1.29, 1.82) is 0 Å². The van der Waals surface area contributed by atoms with E-state index in [0.717, 1.165) is 37.7 Å². The summed E-state index contributed by atoms with van der Waals surface area (Å²) < 4.78 is 19.9. The Kier molecular flexibility index (Phi) is 2.67. The van der Waals surface area contributed by atoms with Crippen LogP contribution in [-0.2, 0) is 16.0 Å². The average molecular weight is 312 g/mol. The fourth-order valence-electron chi connectivity index (χ4n) is 6.28. The van der Waals surface area contributed by atoms with Crippen LogP contribution >= 0.6 is 0 Å². The molecule has 1 heterocycles. The Labute approximate surface area is 135 Å². The molecule has 3 aliphatic carbocycles. The molecule has 1 aromatic rings. The van der Waals surface area contributed by atoms with Gasteiger partial charge in [-0.25, -0.2) is 4.39 Å². The van der Waals surface area contributed by atoms with Crippen molar-refractivity contribution in [2.45, 2.75) is 43.6 Å². The van der Waals surface area contributed by atoms with E-state index in [-0.39, 0.29) is 35.1 Å². The van der Waals surface area contributed by atoms with E-state index in [1.165, 1.54) is 5.56 Å². The van der Waals surface area contributed by atoms with Crippen molar-refractivity contribution in [1.82, 2.24) is 0 Å². The highest BCUT2D eigenvalue weighted by molar-refractivity contribution is 5.78. The maximum absolute atomic E-state index is 13.8. The molecule has 1 aromatic carbocycles. The first-order chi connectivity index (χ1) is 11.1. The topological polar surface area (TPSA) is 26.3 Å². The Morgan fingerprint density at radius 2 is 2.17 bits per heavy atom. The molecule has 0 aromatic heterocycles. The molecule has 120 valence electrons. The Morgan fingerprint density at radius 1 is 1.30 bits per heavy atom. The second-order valence-electron chi connectivity index (χ2n) is 7.78. The van der Waals surface area contributed by atoms with Crippen molar-refractivity contribution in [3.63, 3.8) is 0 Å². The van der Waals surface area contributed by atoms with Gasteiger partial charge in [0, 0.05) is 24.2 Å². The predicted octanol–water partition coefficient (Wildman–Crippen LogP) is 4.00. The number of carbonyl (C=O) groups excluding carboxylic acids is 1. The van der Waals surface area contributed by atoms with Crippen LogP contribution in [0.5, 0.6) is 0 Å². The minimum atomic E-state index is -0.310. The molecule has 6 atom stereocenters. The van der Waals surface area contributed by atoms with E-state index in [9.17, 15) is 9.18 Å². The summed E-state index contributed by atoms with van der Waals surface area (Å²) in [5.41, 5.74) is 1.98. The van der Waals surface area contributed by atoms with Gasteiger partial charge in [0.05, 0.1) is 5.92 Å². The number of fused-ring (bicyclic) bond motifs is 6. The molecule has 2 nitrogen and oxygen atoms in total. The maximum Gasteiger partial charge on any atom is 0.310 e. The summed E-state index contributed by atoms with van der Waals surface area (Å²) in [4.78, 5) is 12.7. The lowest BCUT2D eigenvalue weighted by molar-refractivity contribution is -0.154. The number of carbonyl (C=O) groups is 1. The summed E-state index contributed by atoms with van der Waals surface area (Å²) in [6.07, 6.45) is 7.03. The average Bonchev–Trinajstić information content (AvgIpc) is 3.05. The molecule has 1 spiro atoms. The van der Waals surface area contributed by atoms with E-state index in [1.54, 1.807) is 12.1 Å². The molecule has 2 saturated carbocycles. The third-order valence-electron chi connectivity index (χ3n) is 7.09. The van der Waals surface area contributed by atoms with Crippen LogP contribution in [0.1, 0.15) is 42.7 Å². The standard InChI is InChI=1S/C20H21FO2/c1-2-12-5-8-17-14-7-4-11-3-6-13(21)9-15(11)18(14)16-10-20(12,17)23-19(16)22/h2-3,6,9,12,14,16-18H,1,4-5,7-8,10H2/t12-,14+,16+,17+,18+,20+/m1/s1. The van der Waals surface area contributed by atoms with Crippen LogP contribution in [0.3, 0.4) is 0 Å². The Bertz CT molecular complexity index is 712. The quantitative estimate of drug-likeness (QED) is 0.579. The number of hydrogen-bond donors (Lipinski definition) is 0. The SMILES string of the molecule is C=C[C@@H]1CC[C@H]2[C@@H]3CCc4ccc(F)cc4[C@H]3[C@@H]3C[C@]12OC3=O. The van der Waals surface area contributed by atoms with Crippen molar-refractivity contribution in [2.24, 2.45) is 23.7 Å². The van der Waals surface area contributed by atoms with Crippen LogP contribution in [0.2, 0.25) is 0 Å². The fraction of sp³-hybridized carbons (Fsp3) is 0.550. The van der Waals surface area contributed by atoms with E-state index in [4.69, 9.17) is 4.74 Å². The van der Waals surface area contributed by atoms with Crippen molar-refractivity contribution < 1.29 is 13.9 Å². The maximum atomic E-state index is 13.8. The number of esters is 1. The normalized spacial score (nSPS) is 43.3. The van der Waals surface area contributed by atoms with Crippen molar-refractivity contribution in [2.75, 3.05) is 0 Å². The lowest BCUT2D eigenvalue weighted by atomic mass is 9.56. The lowest BCUT2D eigenvalue weighted by Gasteiger charge is -2.47. The zero-order valence-corrected chi connectivity index (χ0v) is 13.1. The summed E-state index contributed by atoms with van der Waals surface area (Å²) in [6, 6.07) is 5.12. The Hall–Kier alpha value is -1.64. The summed E-state index contributed by atoms with van der Waals surface area (Å²) in [5, 5.41) is 0. The van der Waals surface area contributed by atoms with E-state index in [1.807, 2.05) is 12.1 Å². The third kappa shape index (κ3) is 1.61. The van der Waals surface area contributed by atoms with Gasteiger partial charge in [-0.05, 0) is 54.9 Å². The highest BCUT2D eigenvalue weighted by Gasteiger charge is 2.67. The minimum Gasteiger partial charge on any atom is -0.458 e. The second kappa shape index (κ2) is 4.46. The third-order valence-corrected chi connectivity index (χ3v) is 7.09. The summed E-state index contributed by atoms with van der Waals surface area (Å²) >= 11 is 0. The highest BCUT2D eigenvalue weighted by Crippen LogP contribution is 2.65. The van der Waals surface area contributed by atoms with E-state index < -0.39 is 0 Å². The Morgan fingerprint density at radius 3 is 3.00 bits per heavy atom. The summed E-state index contributed by atoms with van der Waals surface area (Å²) in [6.45, 7) is 3.98. The first-order valence-corrected chi connectivity index (χ1v) is 8.78. The van der Waals surface area contributed by atoms with Crippen molar-refractivity contribution in [3.05, 3.63) is 47.8 Å². The molecular weight excluding hydrogens is 291 g/mol. The van der Waals surface area contributed by atoms with Crippen molar-refractivity contribution >= 4 is 5.97 Å². The van der Waals surface area contributed by atoms with Gasteiger partial charge >= 0.3 is 5.97 Å². The number of aryl methyl sites for hydroxylation is 1. The fourth-order valence-corrected chi connectivity index (χ4v) is 6.28. The molecule has 0 unspecified atom stereocenters. The monoisotopic (exact) mass is 312 g/mol. The van der Waals surface area contributed by atoms with Gasteiger partial charge in [0.15, 0.2) is 0 Å². The van der Waals surface area contributed by atoms with Crippen LogP contribution < -0.4 is 0 Å². The van der Waals surface area contributed by atoms with Crippen LogP contribution in [-0.4, -0.2) is 11.6 Å². The molecule has 1 aliphatic heterocycles. The molecule has 23 heavy (non-hydrogen) atoms. The zero-order valence-electron chi connectivity index (χ0n) is 13.1. The Balaban J connectivity index is 1.66. The van der Waals surface area contributed by atoms with Crippen molar-refractivity contribution in [3.8, 4) is 0 Å². The molecule has 0 radical (unpaired) electrons. The molecule has 0 amide bonds. The summed E-state index contributed by atoms with van der Waals surface area (Å²) in [5.74, 6) is 0.936. The predicted molar refractivity (Wildman–Crippen MR) is 84.3 cm³/mol. The molecule has 2 bridgehead atoms. The molecule has 0 N–H and O–H groups in total. The first kappa shape index (κ1) is 13.8. The van der Waals surface area contributed by atoms with E-state index in [0.29, 0.717) is 11.8 Å². The molecule has 5 rings (SSSR count). The number of halogens is 1. The smallest absolute Gasteiger partial charge is 0.310 e.